The van der Waals surface area contributed by atoms with Crippen LogP contribution >= 0.6 is 0 Å². The first-order valence-corrected chi connectivity index (χ1v) is 8.88. The molecule has 0 saturated heterocycles. The highest BCUT2D eigenvalue weighted by atomic mass is 16.5. The number of benzene rings is 2. The van der Waals surface area contributed by atoms with Crippen molar-refractivity contribution in [3.63, 3.8) is 0 Å². The van der Waals surface area contributed by atoms with Gasteiger partial charge in [0.15, 0.2) is 0 Å². The number of rotatable bonds is 11. The SMILES string of the molecule is CCCCCCCCCCOc1ccc2cc([C]=O)ccc2c1. The van der Waals surface area contributed by atoms with Crippen LogP contribution in [0.15, 0.2) is 36.4 Å². The molecule has 0 aliphatic rings. The molecule has 1 radical (unpaired) electrons. The molecule has 0 heterocycles. The molecule has 2 heteroatoms. The van der Waals surface area contributed by atoms with E-state index in [1.165, 1.54) is 44.9 Å². The molecule has 0 aliphatic carbocycles. The van der Waals surface area contributed by atoms with Gasteiger partial charge in [-0.05, 0) is 35.4 Å². The van der Waals surface area contributed by atoms with E-state index in [1.807, 2.05) is 36.6 Å². The minimum atomic E-state index is 0.588. The van der Waals surface area contributed by atoms with E-state index in [2.05, 4.69) is 6.92 Å². The second-order valence-electron chi connectivity index (χ2n) is 6.15. The summed E-state index contributed by atoms with van der Waals surface area (Å²) in [5.74, 6) is 0.906. The molecule has 0 spiro atoms. The van der Waals surface area contributed by atoms with Gasteiger partial charge >= 0.3 is 0 Å². The molecule has 0 saturated carbocycles. The highest BCUT2D eigenvalue weighted by molar-refractivity contribution is 5.89. The van der Waals surface area contributed by atoms with Crippen LogP contribution in [-0.2, 0) is 4.79 Å². The highest BCUT2D eigenvalue weighted by Gasteiger charge is 2.00. The van der Waals surface area contributed by atoms with Crippen molar-refractivity contribution in [1.29, 1.82) is 0 Å². The van der Waals surface area contributed by atoms with Gasteiger partial charge in [-0.15, -0.1) is 0 Å². The monoisotopic (exact) mass is 311 g/mol. The minimum Gasteiger partial charge on any atom is -0.494 e. The Morgan fingerprint density at radius 2 is 1.48 bits per heavy atom. The molecule has 2 aromatic rings. The van der Waals surface area contributed by atoms with Crippen molar-refractivity contribution in [2.75, 3.05) is 6.61 Å². The Kier molecular flexibility index (Phi) is 7.65. The third kappa shape index (κ3) is 6.05. The van der Waals surface area contributed by atoms with Gasteiger partial charge in [0.1, 0.15) is 5.75 Å². The first-order valence-electron chi connectivity index (χ1n) is 8.88. The molecule has 0 atom stereocenters. The lowest BCUT2D eigenvalue weighted by Crippen LogP contribution is -1.97. The van der Waals surface area contributed by atoms with Gasteiger partial charge in [-0.2, -0.15) is 0 Å². The van der Waals surface area contributed by atoms with E-state index in [1.54, 1.807) is 6.07 Å². The van der Waals surface area contributed by atoms with Gasteiger partial charge in [-0.1, -0.05) is 70.1 Å². The van der Waals surface area contributed by atoms with Crippen LogP contribution < -0.4 is 4.74 Å². The molecule has 0 aliphatic heterocycles. The summed E-state index contributed by atoms with van der Waals surface area (Å²) >= 11 is 0. The first-order chi connectivity index (χ1) is 11.3. The molecule has 0 fully saturated rings. The summed E-state index contributed by atoms with van der Waals surface area (Å²) in [6.45, 7) is 3.03. The van der Waals surface area contributed by atoms with Crippen molar-refractivity contribution < 1.29 is 9.53 Å². The van der Waals surface area contributed by atoms with Crippen LogP contribution in [0.1, 0.15) is 63.9 Å². The summed E-state index contributed by atoms with van der Waals surface area (Å²) in [4.78, 5) is 10.7. The zero-order valence-electron chi connectivity index (χ0n) is 14.1. The van der Waals surface area contributed by atoms with Gasteiger partial charge in [0, 0.05) is 5.56 Å². The van der Waals surface area contributed by atoms with Crippen molar-refractivity contribution in [2.45, 2.75) is 58.3 Å². The Balaban J connectivity index is 1.68. The van der Waals surface area contributed by atoms with E-state index in [4.69, 9.17) is 4.74 Å². The number of ether oxygens (including phenoxy) is 1. The fourth-order valence-electron chi connectivity index (χ4n) is 2.80. The fourth-order valence-corrected chi connectivity index (χ4v) is 2.80. The summed E-state index contributed by atoms with van der Waals surface area (Å²) in [6.07, 6.45) is 12.4. The summed E-state index contributed by atoms with van der Waals surface area (Å²) in [6, 6.07) is 11.6. The van der Waals surface area contributed by atoms with E-state index in [-0.39, 0.29) is 0 Å². The maximum absolute atomic E-state index is 10.7. The molecular formula is C21H27O2. The topological polar surface area (TPSA) is 26.3 Å². The van der Waals surface area contributed by atoms with Crippen molar-refractivity contribution >= 4 is 17.1 Å². The maximum Gasteiger partial charge on any atom is 0.233 e. The second-order valence-corrected chi connectivity index (χ2v) is 6.15. The Morgan fingerprint density at radius 1 is 0.826 bits per heavy atom. The van der Waals surface area contributed by atoms with Gasteiger partial charge in [-0.25, -0.2) is 0 Å². The van der Waals surface area contributed by atoms with Crippen LogP contribution in [0.2, 0.25) is 0 Å². The predicted molar refractivity (Wildman–Crippen MR) is 96.8 cm³/mol. The third-order valence-electron chi connectivity index (χ3n) is 4.20. The molecule has 0 aromatic heterocycles. The number of unbranched alkanes of at least 4 members (excludes halogenated alkanes) is 7. The fraction of sp³-hybridized carbons (Fsp3) is 0.476. The number of carbonyl (C=O) groups excluding carboxylic acids is 1. The molecule has 2 aromatic carbocycles. The van der Waals surface area contributed by atoms with Crippen LogP contribution in [-0.4, -0.2) is 12.9 Å². The number of hydrogen-bond acceptors (Lipinski definition) is 2. The van der Waals surface area contributed by atoms with Crippen LogP contribution in [0.25, 0.3) is 10.8 Å². The van der Waals surface area contributed by atoms with Crippen LogP contribution in [0.5, 0.6) is 5.75 Å². The second kappa shape index (κ2) is 10.0. The summed E-state index contributed by atoms with van der Waals surface area (Å²) < 4.78 is 5.84. The quantitative estimate of drug-likeness (QED) is 0.489. The lowest BCUT2D eigenvalue weighted by molar-refractivity contribution is 0.304. The van der Waals surface area contributed by atoms with Crippen molar-refractivity contribution in [3.05, 3.63) is 42.0 Å². The Labute approximate surface area is 139 Å². The lowest BCUT2D eigenvalue weighted by atomic mass is 10.1. The number of hydrogen-bond donors (Lipinski definition) is 0. The zero-order chi connectivity index (χ0) is 16.3. The van der Waals surface area contributed by atoms with Crippen molar-refractivity contribution in [3.8, 4) is 5.75 Å². The van der Waals surface area contributed by atoms with Crippen LogP contribution in [0.4, 0.5) is 0 Å². The highest BCUT2D eigenvalue weighted by Crippen LogP contribution is 2.22. The van der Waals surface area contributed by atoms with E-state index < -0.39 is 0 Å². The predicted octanol–water partition coefficient (Wildman–Crippen LogP) is 5.82. The average molecular weight is 311 g/mol. The van der Waals surface area contributed by atoms with E-state index in [0.29, 0.717) is 5.56 Å². The van der Waals surface area contributed by atoms with E-state index in [9.17, 15) is 4.79 Å². The Bertz CT molecular complexity index is 604. The molecule has 23 heavy (non-hydrogen) atoms. The molecule has 0 bridgehead atoms. The minimum absolute atomic E-state index is 0.588. The molecule has 0 amide bonds. The largest absolute Gasteiger partial charge is 0.494 e. The Morgan fingerprint density at radius 3 is 2.22 bits per heavy atom. The smallest absolute Gasteiger partial charge is 0.233 e. The van der Waals surface area contributed by atoms with Gasteiger partial charge in [0.2, 0.25) is 6.29 Å². The molecule has 123 valence electrons. The molecule has 2 nitrogen and oxygen atoms in total. The van der Waals surface area contributed by atoms with Gasteiger partial charge < -0.3 is 4.74 Å². The van der Waals surface area contributed by atoms with Crippen molar-refractivity contribution in [2.24, 2.45) is 0 Å². The van der Waals surface area contributed by atoms with E-state index >= 15 is 0 Å². The first kappa shape index (κ1) is 17.5. The molecule has 0 unspecified atom stereocenters. The van der Waals surface area contributed by atoms with Gasteiger partial charge in [0.25, 0.3) is 0 Å². The molecule has 2 rings (SSSR count). The third-order valence-corrected chi connectivity index (χ3v) is 4.20. The molecular weight excluding hydrogens is 284 g/mol. The lowest BCUT2D eigenvalue weighted by Gasteiger charge is -2.07. The van der Waals surface area contributed by atoms with Crippen LogP contribution in [0.3, 0.4) is 0 Å². The van der Waals surface area contributed by atoms with E-state index in [0.717, 1.165) is 29.5 Å². The van der Waals surface area contributed by atoms with Gasteiger partial charge in [-0.3, -0.25) is 4.79 Å². The maximum atomic E-state index is 10.7. The number of fused-ring (bicyclic) bond motifs is 1. The average Bonchev–Trinajstić information content (AvgIpc) is 2.59. The molecule has 0 N–H and O–H groups in total. The van der Waals surface area contributed by atoms with Crippen molar-refractivity contribution in [1.82, 2.24) is 0 Å². The van der Waals surface area contributed by atoms with Crippen LogP contribution in [0, 0.1) is 0 Å². The normalized spacial score (nSPS) is 10.8. The Hall–Kier alpha value is -1.83. The summed E-state index contributed by atoms with van der Waals surface area (Å²) in [5.41, 5.74) is 0.588. The summed E-state index contributed by atoms with van der Waals surface area (Å²) in [7, 11) is 0. The summed E-state index contributed by atoms with van der Waals surface area (Å²) in [5, 5.41) is 2.14. The van der Waals surface area contributed by atoms with Gasteiger partial charge in [0.05, 0.1) is 6.61 Å². The standard InChI is InChI=1S/C21H27O2/c1-2-3-4-5-6-7-8-9-14-23-21-13-12-19-15-18(17-22)10-11-20(19)16-21/h10-13,15-16H,2-9,14H2,1H3. The zero-order valence-corrected chi connectivity index (χ0v) is 14.1.